The fourth-order valence-electron chi connectivity index (χ4n) is 3.09. The Hall–Kier alpha value is -3.52. The van der Waals surface area contributed by atoms with Gasteiger partial charge in [-0.25, -0.2) is 4.68 Å². The molecule has 8 nitrogen and oxygen atoms in total. The number of anilines is 1. The number of aromatic nitrogens is 3. The van der Waals surface area contributed by atoms with Gasteiger partial charge in [0.05, 0.1) is 11.7 Å². The van der Waals surface area contributed by atoms with E-state index in [9.17, 15) is 14.7 Å². The average molecular weight is 407 g/mol. The predicted molar refractivity (Wildman–Crippen MR) is 114 cm³/mol. The molecule has 0 unspecified atom stereocenters. The Morgan fingerprint density at radius 3 is 2.47 bits per heavy atom. The fraction of sp³-hybridized carbons (Fsp3) is 0.273. The SMILES string of the molecule is CCn1nc(-c2ccncc2)cc1NC(=O)[C@H](Cc1ccccc1)N[C@H](C)C(=O)O. The van der Waals surface area contributed by atoms with E-state index >= 15 is 0 Å². The molecule has 0 saturated heterocycles. The van der Waals surface area contributed by atoms with Crippen molar-refractivity contribution in [1.82, 2.24) is 20.1 Å². The zero-order valence-electron chi connectivity index (χ0n) is 16.9. The van der Waals surface area contributed by atoms with Crippen LogP contribution in [0.1, 0.15) is 19.4 Å². The van der Waals surface area contributed by atoms with E-state index in [1.54, 1.807) is 23.1 Å². The van der Waals surface area contributed by atoms with Gasteiger partial charge in [-0.2, -0.15) is 5.10 Å². The number of hydrogen-bond acceptors (Lipinski definition) is 5. The Morgan fingerprint density at radius 1 is 1.13 bits per heavy atom. The lowest BCUT2D eigenvalue weighted by atomic mass is 10.0. The number of benzene rings is 1. The molecule has 0 bridgehead atoms. The van der Waals surface area contributed by atoms with E-state index < -0.39 is 18.1 Å². The minimum Gasteiger partial charge on any atom is -0.480 e. The number of aryl methyl sites for hydroxylation is 1. The molecule has 2 heterocycles. The molecule has 30 heavy (non-hydrogen) atoms. The number of aliphatic carboxylic acids is 1. The highest BCUT2D eigenvalue weighted by Gasteiger charge is 2.25. The van der Waals surface area contributed by atoms with Gasteiger partial charge in [0, 0.05) is 30.6 Å². The second-order valence-corrected chi connectivity index (χ2v) is 6.92. The molecule has 2 atom stereocenters. The summed E-state index contributed by atoms with van der Waals surface area (Å²) < 4.78 is 1.70. The summed E-state index contributed by atoms with van der Waals surface area (Å²) in [6, 6.07) is 13.4. The quantitative estimate of drug-likeness (QED) is 0.503. The van der Waals surface area contributed by atoms with Crippen molar-refractivity contribution < 1.29 is 14.7 Å². The van der Waals surface area contributed by atoms with Crippen LogP contribution in [0.25, 0.3) is 11.3 Å². The van der Waals surface area contributed by atoms with Crippen molar-refractivity contribution in [1.29, 1.82) is 0 Å². The molecule has 0 aliphatic carbocycles. The average Bonchev–Trinajstić information content (AvgIpc) is 3.17. The minimum absolute atomic E-state index is 0.317. The lowest BCUT2D eigenvalue weighted by Crippen LogP contribution is -2.49. The molecular weight excluding hydrogens is 382 g/mol. The predicted octanol–water partition coefficient (Wildman–Crippen LogP) is 2.58. The molecule has 0 aliphatic heterocycles. The number of nitrogens with one attached hydrogen (secondary N) is 2. The highest BCUT2D eigenvalue weighted by atomic mass is 16.4. The van der Waals surface area contributed by atoms with Crippen LogP contribution in [0.15, 0.2) is 60.9 Å². The number of hydrogen-bond donors (Lipinski definition) is 3. The number of carbonyl (C=O) groups excluding carboxylic acids is 1. The van der Waals surface area contributed by atoms with Crippen LogP contribution in [-0.4, -0.2) is 43.8 Å². The van der Waals surface area contributed by atoms with Crippen LogP contribution >= 0.6 is 0 Å². The maximum Gasteiger partial charge on any atom is 0.320 e. The minimum atomic E-state index is -1.01. The lowest BCUT2D eigenvalue weighted by Gasteiger charge is -2.21. The van der Waals surface area contributed by atoms with Crippen molar-refractivity contribution in [2.45, 2.75) is 38.9 Å². The van der Waals surface area contributed by atoms with Gasteiger partial charge in [0.25, 0.3) is 0 Å². The number of carboxylic acids is 1. The zero-order valence-corrected chi connectivity index (χ0v) is 16.9. The molecule has 3 N–H and O–H groups in total. The molecule has 3 aromatic rings. The van der Waals surface area contributed by atoms with Crippen LogP contribution in [0.3, 0.4) is 0 Å². The highest BCUT2D eigenvalue weighted by Crippen LogP contribution is 2.21. The van der Waals surface area contributed by atoms with E-state index in [2.05, 4.69) is 20.7 Å². The van der Waals surface area contributed by atoms with Gasteiger partial charge in [0.15, 0.2) is 0 Å². The molecule has 0 fully saturated rings. The van der Waals surface area contributed by atoms with Crippen LogP contribution in [0, 0.1) is 0 Å². The number of nitrogens with zero attached hydrogens (tertiary/aromatic N) is 3. The zero-order chi connectivity index (χ0) is 21.5. The van der Waals surface area contributed by atoms with Crippen LogP contribution < -0.4 is 10.6 Å². The number of carboxylic acid groups (broad SMARTS) is 1. The van der Waals surface area contributed by atoms with Crippen LogP contribution in [0.5, 0.6) is 0 Å². The summed E-state index contributed by atoms with van der Waals surface area (Å²) in [6.45, 7) is 4.03. The van der Waals surface area contributed by atoms with Crippen LogP contribution in [0.2, 0.25) is 0 Å². The maximum absolute atomic E-state index is 13.1. The van der Waals surface area contributed by atoms with Gasteiger partial charge < -0.3 is 10.4 Å². The van der Waals surface area contributed by atoms with Crippen molar-refractivity contribution in [2.24, 2.45) is 0 Å². The summed E-state index contributed by atoms with van der Waals surface area (Å²) in [5, 5.41) is 19.6. The summed E-state index contributed by atoms with van der Waals surface area (Å²) in [4.78, 5) is 28.4. The summed E-state index contributed by atoms with van der Waals surface area (Å²) in [5.74, 6) is -0.778. The van der Waals surface area contributed by atoms with Crippen LogP contribution in [0.4, 0.5) is 5.82 Å². The largest absolute Gasteiger partial charge is 0.480 e. The monoisotopic (exact) mass is 407 g/mol. The third kappa shape index (κ3) is 5.30. The van der Waals surface area contributed by atoms with Gasteiger partial charge in [-0.15, -0.1) is 0 Å². The number of carbonyl (C=O) groups is 2. The molecule has 0 aliphatic rings. The molecule has 8 heteroatoms. The summed E-state index contributed by atoms with van der Waals surface area (Å²) >= 11 is 0. The van der Waals surface area contributed by atoms with E-state index in [0.29, 0.717) is 18.8 Å². The van der Waals surface area contributed by atoms with Crippen LogP contribution in [-0.2, 0) is 22.6 Å². The molecule has 1 aromatic carbocycles. The first-order valence-electron chi connectivity index (χ1n) is 9.79. The van der Waals surface area contributed by atoms with E-state index in [1.165, 1.54) is 6.92 Å². The number of rotatable bonds is 9. The van der Waals surface area contributed by atoms with Gasteiger partial charge in [0.2, 0.25) is 5.91 Å². The second kappa shape index (κ2) is 9.80. The number of pyridine rings is 1. The van der Waals surface area contributed by atoms with Gasteiger partial charge in [-0.05, 0) is 38.0 Å². The Kier molecular flexibility index (Phi) is 6.92. The maximum atomic E-state index is 13.1. The van der Waals surface area contributed by atoms with E-state index in [4.69, 9.17) is 0 Å². The second-order valence-electron chi connectivity index (χ2n) is 6.92. The lowest BCUT2D eigenvalue weighted by molar-refractivity contribution is -0.139. The molecule has 0 saturated carbocycles. The van der Waals surface area contributed by atoms with E-state index in [-0.39, 0.29) is 5.91 Å². The first-order chi connectivity index (χ1) is 14.5. The van der Waals surface area contributed by atoms with Crippen molar-refractivity contribution in [3.8, 4) is 11.3 Å². The van der Waals surface area contributed by atoms with Gasteiger partial charge in [0.1, 0.15) is 11.9 Å². The standard InChI is InChI=1S/C22H25N5O3/c1-3-27-20(14-18(26-27)17-9-11-23-12-10-17)25-21(28)19(24-15(2)22(29)30)13-16-7-5-4-6-8-16/h4-12,14-15,19,24H,3,13H2,1-2H3,(H,25,28)(H,29,30)/t15-,19+/m1/s1. The topological polar surface area (TPSA) is 109 Å². The molecule has 3 rings (SSSR count). The summed E-state index contributed by atoms with van der Waals surface area (Å²) in [5.41, 5.74) is 2.55. The van der Waals surface area contributed by atoms with Crippen molar-refractivity contribution in [3.05, 3.63) is 66.5 Å². The van der Waals surface area contributed by atoms with Crippen molar-refractivity contribution in [2.75, 3.05) is 5.32 Å². The third-order valence-corrected chi connectivity index (χ3v) is 4.73. The van der Waals surface area contributed by atoms with Gasteiger partial charge in [-0.1, -0.05) is 30.3 Å². The summed E-state index contributed by atoms with van der Waals surface area (Å²) in [6.07, 6.45) is 3.74. The Balaban J connectivity index is 1.82. The van der Waals surface area contributed by atoms with E-state index in [1.807, 2.05) is 49.4 Å². The smallest absolute Gasteiger partial charge is 0.320 e. The van der Waals surface area contributed by atoms with E-state index in [0.717, 1.165) is 16.8 Å². The molecule has 0 radical (unpaired) electrons. The first-order valence-corrected chi connectivity index (χ1v) is 9.79. The van der Waals surface area contributed by atoms with Gasteiger partial charge >= 0.3 is 5.97 Å². The molecule has 1 amide bonds. The molecule has 2 aromatic heterocycles. The normalized spacial score (nSPS) is 12.9. The Bertz CT molecular complexity index is 989. The van der Waals surface area contributed by atoms with Crippen molar-refractivity contribution >= 4 is 17.7 Å². The van der Waals surface area contributed by atoms with Gasteiger partial charge in [-0.3, -0.25) is 19.9 Å². The fourth-order valence-corrected chi connectivity index (χ4v) is 3.09. The Morgan fingerprint density at radius 2 is 1.83 bits per heavy atom. The first kappa shape index (κ1) is 21.2. The number of amides is 1. The van der Waals surface area contributed by atoms with Crippen molar-refractivity contribution in [3.63, 3.8) is 0 Å². The third-order valence-electron chi connectivity index (χ3n) is 4.73. The molecule has 156 valence electrons. The highest BCUT2D eigenvalue weighted by molar-refractivity contribution is 5.95. The summed E-state index contributed by atoms with van der Waals surface area (Å²) in [7, 11) is 0. The Labute approximate surface area is 175 Å². The molecule has 0 spiro atoms. The molecular formula is C22H25N5O3.